The van der Waals surface area contributed by atoms with E-state index in [0.29, 0.717) is 6.04 Å². The van der Waals surface area contributed by atoms with Crippen molar-refractivity contribution in [2.45, 2.75) is 52.1 Å². The fourth-order valence-electron chi connectivity index (χ4n) is 2.91. The van der Waals surface area contributed by atoms with Crippen LogP contribution in [0.4, 0.5) is 5.82 Å². The Bertz CT molecular complexity index is 538. The van der Waals surface area contributed by atoms with Gasteiger partial charge in [0.15, 0.2) is 5.96 Å². The van der Waals surface area contributed by atoms with Gasteiger partial charge in [-0.15, -0.1) is 0 Å². The van der Waals surface area contributed by atoms with Gasteiger partial charge in [0.25, 0.3) is 0 Å². The van der Waals surface area contributed by atoms with Gasteiger partial charge >= 0.3 is 0 Å². The van der Waals surface area contributed by atoms with Gasteiger partial charge in [-0.1, -0.05) is 6.07 Å². The zero-order chi connectivity index (χ0) is 18.3. The lowest BCUT2D eigenvalue weighted by Crippen LogP contribution is -2.50. The molecule has 1 aromatic heterocycles. The number of aliphatic imine (C=N–C) groups is 1. The van der Waals surface area contributed by atoms with Crippen molar-refractivity contribution in [3.05, 3.63) is 23.9 Å². The summed E-state index contributed by atoms with van der Waals surface area (Å²) in [6, 6.07) is 4.71. The van der Waals surface area contributed by atoms with Crippen LogP contribution in [0.15, 0.2) is 23.3 Å². The molecular weight excluding hydrogens is 312 g/mol. The lowest BCUT2D eigenvalue weighted by Gasteiger charge is -2.34. The molecule has 0 radical (unpaired) electrons. The van der Waals surface area contributed by atoms with Crippen LogP contribution in [-0.4, -0.2) is 55.8 Å². The molecule has 0 unspecified atom stereocenters. The largest absolute Gasteiger partial charge is 0.356 e. The number of aromatic nitrogens is 1. The van der Waals surface area contributed by atoms with Crippen LogP contribution in [-0.2, 0) is 0 Å². The van der Waals surface area contributed by atoms with Crippen molar-refractivity contribution in [3.63, 3.8) is 0 Å². The zero-order valence-corrected chi connectivity index (χ0v) is 16.4. The molecule has 3 N–H and O–H groups in total. The van der Waals surface area contributed by atoms with E-state index in [0.717, 1.165) is 50.8 Å². The number of hydrogen-bond donors (Lipinski definition) is 3. The Hall–Kier alpha value is -1.82. The van der Waals surface area contributed by atoms with Crippen molar-refractivity contribution in [3.8, 4) is 0 Å². The summed E-state index contributed by atoms with van der Waals surface area (Å²) in [5.74, 6) is 1.97. The van der Waals surface area contributed by atoms with E-state index in [1.54, 1.807) is 0 Å². The molecule has 6 heteroatoms. The van der Waals surface area contributed by atoms with Gasteiger partial charge in [0.1, 0.15) is 5.82 Å². The second-order valence-corrected chi connectivity index (χ2v) is 7.78. The lowest BCUT2D eigenvalue weighted by molar-refractivity contribution is 0.426. The van der Waals surface area contributed by atoms with Crippen molar-refractivity contribution in [2.24, 2.45) is 4.99 Å². The monoisotopic (exact) mass is 346 g/mol. The highest BCUT2D eigenvalue weighted by atomic mass is 15.2. The number of aryl methyl sites for hydroxylation is 1. The minimum atomic E-state index is 0.148. The van der Waals surface area contributed by atoms with E-state index in [-0.39, 0.29) is 5.54 Å². The molecule has 0 bridgehead atoms. The normalized spacial score (nSPS) is 16.8. The summed E-state index contributed by atoms with van der Waals surface area (Å²) in [7, 11) is 1.83. The number of piperidine rings is 1. The maximum absolute atomic E-state index is 4.54. The van der Waals surface area contributed by atoms with Crippen molar-refractivity contribution in [1.82, 2.24) is 20.9 Å². The Morgan fingerprint density at radius 2 is 1.96 bits per heavy atom. The number of nitrogens with zero attached hydrogens (tertiary/aromatic N) is 3. The van der Waals surface area contributed by atoms with E-state index >= 15 is 0 Å². The van der Waals surface area contributed by atoms with Gasteiger partial charge in [0, 0.05) is 51.0 Å². The number of hydrogen-bond acceptors (Lipinski definition) is 4. The van der Waals surface area contributed by atoms with Crippen LogP contribution < -0.4 is 20.9 Å². The highest BCUT2D eigenvalue weighted by Gasteiger charge is 2.20. The third-order valence-corrected chi connectivity index (χ3v) is 4.35. The third-order valence-electron chi connectivity index (χ3n) is 4.35. The van der Waals surface area contributed by atoms with Crippen LogP contribution in [0.1, 0.15) is 39.2 Å². The molecule has 1 aliphatic heterocycles. The minimum absolute atomic E-state index is 0.148. The summed E-state index contributed by atoms with van der Waals surface area (Å²) in [4.78, 5) is 11.2. The van der Waals surface area contributed by atoms with E-state index in [1.165, 1.54) is 5.56 Å². The first-order valence-electron chi connectivity index (χ1n) is 9.27. The number of nitrogens with one attached hydrogen (secondary N) is 3. The fraction of sp³-hybridized carbons (Fsp3) is 0.684. The Balaban J connectivity index is 1.71. The quantitative estimate of drug-likeness (QED) is 0.432. The minimum Gasteiger partial charge on any atom is -0.356 e. The second kappa shape index (κ2) is 9.04. The highest BCUT2D eigenvalue weighted by Crippen LogP contribution is 2.17. The second-order valence-electron chi connectivity index (χ2n) is 7.78. The van der Waals surface area contributed by atoms with Gasteiger partial charge in [-0.2, -0.15) is 0 Å². The smallest absolute Gasteiger partial charge is 0.191 e. The van der Waals surface area contributed by atoms with Crippen LogP contribution in [0.2, 0.25) is 0 Å². The van der Waals surface area contributed by atoms with Crippen LogP contribution in [0.3, 0.4) is 0 Å². The van der Waals surface area contributed by atoms with E-state index in [9.17, 15) is 0 Å². The van der Waals surface area contributed by atoms with Crippen molar-refractivity contribution >= 4 is 11.8 Å². The van der Waals surface area contributed by atoms with Crippen LogP contribution in [0, 0.1) is 6.92 Å². The van der Waals surface area contributed by atoms with Crippen LogP contribution in [0.25, 0.3) is 0 Å². The average Bonchev–Trinajstić information content (AvgIpc) is 2.58. The number of guanidine groups is 1. The summed E-state index contributed by atoms with van der Waals surface area (Å²) < 4.78 is 0. The lowest BCUT2D eigenvalue weighted by atomic mass is 10.1. The SMILES string of the molecule is CN=C(NCCNC(C)(C)C)NC1CCN(c2ccc(C)cn2)CC1. The molecule has 25 heavy (non-hydrogen) atoms. The predicted octanol–water partition coefficient (Wildman–Crippen LogP) is 1.91. The molecule has 140 valence electrons. The Labute approximate surface area is 152 Å². The molecule has 1 aliphatic rings. The fourth-order valence-corrected chi connectivity index (χ4v) is 2.91. The third kappa shape index (κ3) is 6.90. The Morgan fingerprint density at radius 3 is 2.52 bits per heavy atom. The molecule has 1 saturated heterocycles. The topological polar surface area (TPSA) is 64.6 Å². The summed E-state index contributed by atoms with van der Waals surface area (Å²) in [5.41, 5.74) is 1.35. The first kappa shape index (κ1) is 19.5. The molecule has 0 amide bonds. The summed E-state index contributed by atoms with van der Waals surface area (Å²) in [6.07, 6.45) is 4.13. The van der Waals surface area contributed by atoms with Gasteiger partial charge in [-0.25, -0.2) is 4.98 Å². The standard InChI is InChI=1S/C19H34N6/c1-15-6-7-17(22-14-15)25-12-8-16(9-13-25)24-18(20-5)21-10-11-23-19(2,3)4/h6-7,14,16,23H,8-13H2,1-5H3,(H2,20,21,24). The Morgan fingerprint density at radius 1 is 1.24 bits per heavy atom. The zero-order valence-electron chi connectivity index (χ0n) is 16.4. The van der Waals surface area contributed by atoms with Crippen molar-refractivity contribution < 1.29 is 0 Å². The van der Waals surface area contributed by atoms with Gasteiger partial charge < -0.3 is 20.9 Å². The summed E-state index contributed by atoms with van der Waals surface area (Å²) >= 11 is 0. The van der Waals surface area contributed by atoms with Crippen molar-refractivity contribution in [2.75, 3.05) is 38.1 Å². The maximum atomic E-state index is 4.54. The first-order chi connectivity index (χ1) is 11.9. The number of anilines is 1. The van der Waals surface area contributed by atoms with Crippen LogP contribution >= 0.6 is 0 Å². The maximum Gasteiger partial charge on any atom is 0.191 e. The molecule has 0 aromatic carbocycles. The molecule has 0 saturated carbocycles. The number of pyridine rings is 1. The molecule has 6 nitrogen and oxygen atoms in total. The number of rotatable bonds is 5. The molecule has 1 aromatic rings. The van der Waals surface area contributed by atoms with E-state index in [2.05, 4.69) is 70.7 Å². The van der Waals surface area contributed by atoms with Crippen molar-refractivity contribution in [1.29, 1.82) is 0 Å². The molecular formula is C19H34N6. The van der Waals surface area contributed by atoms with E-state index < -0.39 is 0 Å². The molecule has 2 rings (SSSR count). The van der Waals surface area contributed by atoms with Gasteiger partial charge in [-0.05, 0) is 52.2 Å². The van der Waals surface area contributed by atoms with Gasteiger partial charge in [0.05, 0.1) is 0 Å². The molecule has 1 fully saturated rings. The van der Waals surface area contributed by atoms with Gasteiger partial charge in [0.2, 0.25) is 0 Å². The van der Waals surface area contributed by atoms with E-state index in [1.807, 2.05) is 13.2 Å². The molecule has 2 heterocycles. The summed E-state index contributed by atoms with van der Waals surface area (Å²) in [6.45, 7) is 12.4. The Kier molecular flexibility index (Phi) is 7.05. The van der Waals surface area contributed by atoms with E-state index in [4.69, 9.17) is 0 Å². The van der Waals surface area contributed by atoms with Gasteiger partial charge in [-0.3, -0.25) is 4.99 Å². The average molecular weight is 347 g/mol. The first-order valence-corrected chi connectivity index (χ1v) is 9.27. The summed E-state index contributed by atoms with van der Waals surface area (Å²) in [5, 5.41) is 10.4. The molecule has 0 atom stereocenters. The molecule has 0 aliphatic carbocycles. The highest BCUT2D eigenvalue weighted by molar-refractivity contribution is 5.80. The predicted molar refractivity (Wildman–Crippen MR) is 106 cm³/mol. The molecule has 0 spiro atoms. The van der Waals surface area contributed by atoms with Crippen LogP contribution in [0.5, 0.6) is 0 Å².